The van der Waals surface area contributed by atoms with Gasteiger partial charge in [-0.3, -0.25) is 14.4 Å². The minimum atomic E-state index is -0.764. The predicted octanol–water partition coefficient (Wildman–Crippen LogP) is 17.8. The van der Waals surface area contributed by atoms with Gasteiger partial charge in [-0.15, -0.1) is 0 Å². The minimum Gasteiger partial charge on any atom is -0.462 e. The Morgan fingerprint density at radius 3 is 0.820 bits per heavy atom. The molecule has 0 aliphatic rings. The van der Waals surface area contributed by atoms with Crippen LogP contribution < -0.4 is 0 Å². The lowest BCUT2D eigenvalue weighted by Crippen LogP contribution is -2.30. The van der Waals surface area contributed by atoms with Gasteiger partial charge in [-0.1, -0.05) is 251 Å². The number of carbonyl (C=O) groups excluding carboxylic acids is 3. The zero-order valence-electron chi connectivity index (χ0n) is 41.2. The van der Waals surface area contributed by atoms with Crippen LogP contribution >= 0.6 is 0 Å². The molecular weight excluding hydrogens is 757 g/mol. The highest BCUT2D eigenvalue weighted by Crippen LogP contribution is 2.16. The van der Waals surface area contributed by atoms with Gasteiger partial charge in [0.25, 0.3) is 0 Å². The van der Waals surface area contributed by atoms with Gasteiger partial charge in [-0.2, -0.15) is 0 Å². The number of hydrogen-bond acceptors (Lipinski definition) is 6. The van der Waals surface area contributed by atoms with Gasteiger partial charge in [0.2, 0.25) is 0 Å². The zero-order chi connectivity index (χ0) is 44.4. The van der Waals surface area contributed by atoms with Crippen LogP contribution in [0.1, 0.15) is 303 Å². The second kappa shape index (κ2) is 50.8. The Hall–Kier alpha value is -1.85. The molecule has 0 unspecified atom stereocenters. The molecule has 0 saturated carbocycles. The van der Waals surface area contributed by atoms with Crippen molar-refractivity contribution in [3.8, 4) is 0 Å². The Morgan fingerprint density at radius 1 is 0.311 bits per heavy atom. The van der Waals surface area contributed by atoms with E-state index >= 15 is 0 Å². The number of rotatable bonds is 50. The first-order valence-electron chi connectivity index (χ1n) is 27.2. The first-order chi connectivity index (χ1) is 30.0. The number of ether oxygens (including phenoxy) is 3. The molecule has 1 atom stereocenters. The summed E-state index contributed by atoms with van der Waals surface area (Å²) in [6.45, 7) is 6.67. The summed E-state index contributed by atoms with van der Waals surface area (Å²) < 4.78 is 16.8. The fourth-order valence-electron chi connectivity index (χ4n) is 8.14. The summed E-state index contributed by atoms with van der Waals surface area (Å²) in [5.74, 6) is -0.849. The molecule has 0 rings (SSSR count). The van der Waals surface area contributed by atoms with Crippen molar-refractivity contribution in [3.05, 3.63) is 12.2 Å². The van der Waals surface area contributed by atoms with Crippen molar-refractivity contribution in [3.63, 3.8) is 0 Å². The van der Waals surface area contributed by atoms with Gasteiger partial charge in [0.15, 0.2) is 6.10 Å². The molecular formula is C55H104O6. The Balaban J connectivity index is 4.28. The van der Waals surface area contributed by atoms with E-state index in [-0.39, 0.29) is 31.1 Å². The van der Waals surface area contributed by atoms with Crippen LogP contribution in [0.2, 0.25) is 0 Å². The van der Waals surface area contributed by atoms with E-state index in [0.717, 1.165) is 57.8 Å². The summed E-state index contributed by atoms with van der Waals surface area (Å²) >= 11 is 0. The van der Waals surface area contributed by atoms with E-state index in [2.05, 4.69) is 32.9 Å². The normalized spacial score (nSPS) is 12.0. The van der Waals surface area contributed by atoms with E-state index in [4.69, 9.17) is 14.2 Å². The van der Waals surface area contributed by atoms with Gasteiger partial charge >= 0.3 is 17.9 Å². The lowest BCUT2D eigenvalue weighted by atomic mass is 10.0. The van der Waals surface area contributed by atoms with E-state index < -0.39 is 6.10 Å². The average molecular weight is 861 g/mol. The summed E-state index contributed by atoms with van der Waals surface area (Å²) in [6, 6.07) is 0. The SMILES string of the molecule is CCCCCCCC/C=C\CCCCCCCCCCCC(=O)O[C@@H](COC(=O)CCCCCCCCCCCCC)COC(=O)CCCCCCCCCCCCCCC. The largest absolute Gasteiger partial charge is 0.462 e. The van der Waals surface area contributed by atoms with Crippen molar-refractivity contribution in [1.82, 2.24) is 0 Å². The zero-order valence-corrected chi connectivity index (χ0v) is 41.2. The van der Waals surface area contributed by atoms with E-state index in [9.17, 15) is 14.4 Å². The maximum Gasteiger partial charge on any atom is 0.306 e. The van der Waals surface area contributed by atoms with Crippen LogP contribution in [0.25, 0.3) is 0 Å². The molecule has 360 valence electrons. The van der Waals surface area contributed by atoms with Crippen LogP contribution in [0.5, 0.6) is 0 Å². The summed E-state index contributed by atoms with van der Waals surface area (Å²) in [6.07, 6.45) is 56.2. The van der Waals surface area contributed by atoms with Gasteiger partial charge in [-0.05, 0) is 44.9 Å². The second-order valence-corrected chi connectivity index (χ2v) is 18.5. The first-order valence-corrected chi connectivity index (χ1v) is 27.2. The average Bonchev–Trinajstić information content (AvgIpc) is 3.26. The molecule has 0 heterocycles. The molecule has 0 amide bonds. The third-order valence-corrected chi connectivity index (χ3v) is 12.3. The molecule has 6 heteroatoms. The van der Waals surface area contributed by atoms with Crippen LogP contribution in [-0.2, 0) is 28.6 Å². The van der Waals surface area contributed by atoms with Gasteiger partial charge in [0.1, 0.15) is 13.2 Å². The summed E-state index contributed by atoms with van der Waals surface area (Å²) in [7, 11) is 0. The smallest absolute Gasteiger partial charge is 0.306 e. The monoisotopic (exact) mass is 861 g/mol. The molecule has 0 N–H and O–H groups in total. The highest BCUT2D eigenvalue weighted by Gasteiger charge is 2.19. The molecule has 0 bridgehead atoms. The standard InChI is InChI=1S/C55H104O6/c1-4-7-10-13-16-19-22-24-25-26-27-28-29-31-34-37-40-43-46-49-55(58)61-52(50-59-53(56)47-44-41-38-35-32-21-18-15-12-9-6-3)51-60-54(57)48-45-42-39-36-33-30-23-20-17-14-11-8-5-2/h24-25,52H,4-23,26-51H2,1-3H3/b25-24-/t52-/m0/s1. The maximum absolute atomic E-state index is 12.8. The van der Waals surface area contributed by atoms with E-state index in [1.54, 1.807) is 0 Å². The summed E-state index contributed by atoms with van der Waals surface area (Å²) in [4.78, 5) is 38.0. The second-order valence-electron chi connectivity index (χ2n) is 18.5. The van der Waals surface area contributed by atoms with Crippen LogP contribution in [0.4, 0.5) is 0 Å². The van der Waals surface area contributed by atoms with Gasteiger partial charge < -0.3 is 14.2 Å². The molecule has 0 fully saturated rings. The van der Waals surface area contributed by atoms with Crippen molar-refractivity contribution in [2.45, 2.75) is 309 Å². The highest BCUT2D eigenvalue weighted by atomic mass is 16.6. The molecule has 0 aliphatic heterocycles. The molecule has 0 aromatic carbocycles. The van der Waals surface area contributed by atoms with E-state index in [0.29, 0.717) is 19.3 Å². The number of carbonyl (C=O) groups is 3. The molecule has 0 saturated heterocycles. The number of hydrogen-bond donors (Lipinski definition) is 0. The van der Waals surface area contributed by atoms with Crippen LogP contribution in [0.15, 0.2) is 12.2 Å². The first kappa shape index (κ1) is 59.1. The number of esters is 3. The van der Waals surface area contributed by atoms with Crippen LogP contribution in [0.3, 0.4) is 0 Å². The quantitative estimate of drug-likeness (QED) is 0.0262. The van der Waals surface area contributed by atoms with Gasteiger partial charge in [0.05, 0.1) is 0 Å². The summed E-state index contributed by atoms with van der Waals surface area (Å²) in [5.41, 5.74) is 0. The van der Waals surface area contributed by atoms with Crippen molar-refractivity contribution in [2.24, 2.45) is 0 Å². The van der Waals surface area contributed by atoms with E-state index in [1.165, 1.54) is 205 Å². The number of allylic oxidation sites excluding steroid dienone is 2. The van der Waals surface area contributed by atoms with Gasteiger partial charge in [-0.25, -0.2) is 0 Å². The molecule has 0 aromatic heterocycles. The fraction of sp³-hybridized carbons (Fsp3) is 0.909. The lowest BCUT2D eigenvalue weighted by molar-refractivity contribution is -0.167. The van der Waals surface area contributed by atoms with Crippen molar-refractivity contribution in [1.29, 1.82) is 0 Å². The molecule has 0 aromatic rings. The number of unbranched alkanes of at least 4 members (excludes halogenated alkanes) is 37. The van der Waals surface area contributed by atoms with E-state index in [1.807, 2.05) is 0 Å². The van der Waals surface area contributed by atoms with Crippen LogP contribution in [0, 0.1) is 0 Å². The summed E-state index contributed by atoms with van der Waals surface area (Å²) in [5, 5.41) is 0. The highest BCUT2D eigenvalue weighted by molar-refractivity contribution is 5.71. The van der Waals surface area contributed by atoms with Crippen molar-refractivity contribution >= 4 is 17.9 Å². The van der Waals surface area contributed by atoms with Crippen molar-refractivity contribution in [2.75, 3.05) is 13.2 Å². The maximum atomic E-state index is 12.8. The molecule has 61 heavy (non-hydrogen) atoms. The Labute approximate surface area is 380 Å². The fourth-order valence-corrected chi connectivity index (χ4v) is 8.14. The van der Waals surface area contributed by atoms with Gasteiger partial charge in [0, 0.05) is 19.3 Å². The molecule has 0 aliphatic carbocycles. The molecule has 0 radical (unpaired) electrons. The lowest BCUT2D eigenvalue weighted by Gasteiger charge is -2.18. The third-order valence-electron chi connectivity index (χ3n) is 12.3. The predicted molar refractivity (Wildman–Crippen MR) is 261 cm³/mol. The van der Waals surface area contributed by atoms with Crippen LogP contribution in [-0.4, -0.2) is 37.2 Å². The third kappa shape index (κ3) is 49.0. The van der Waals surface area contributed by atoms with Crippen molar-refractivity contribution < 1.29 is 28.6 Å². The Kier molecular flexibility index (Phi) is 49.3. The molecule has 0 spiro atoms. The topological polar surface area (TPSA) is 78.9 Å². The Morgan fingerprint density at radius 2 is 0.541 bits per heavy atom. The minimum absolute atomic E-state index is 0.0653. The molecule has 6 nitrogen and oxygen atoms in total. The Bertz CT molecular complexity index is 947.